The molecule has 1 aliphatic rings. The first kappa shape index (κ1) is 11.3. The van der Waals surface area contributed by atoms with Gasteiger partial charge in [0, 0.05) is 17.0 Å². The van der Waals surface area contributed by atoms with Gasteiger partial charge in [-0.3, -0.25) is 0 Å². The minimum Gasteiger partial charge on any atom is -0.387 e. The van der Waals surface area contributed by atoms with Crippen molar-refractivity contribution in [3.8, 4) is 0 Å². The Morgan fingerprint density at radius 3 is 2.56 bits per heavy atom. The first-order valence-electron chi connectivity index (χ1n) is 4.93. The SMILES string of the molecule is CC(N)C(O)C1=CS(=O)(=O)c2ccccc21. The van der Waals surface area contributed by atoms with Crippen LogP contribution in [-0.2, 0) is 9.84 Å². The number of benzene rings is 1. The maximum Gasteiger partial charge on any atom is 0.200 e. The molecule has 2 unspecified atom stereocenters. The van der Waals surface area contributed by atoms with E-state index in [1.165, 1.54) is 6.07 Å². The number of aliphatic hydroxyl groups is 1. The maximum atomic E-state index is 11.8. The van der Waals surface area contributed by atoms with Gasteiger partial charge in [-0.2, -0.15) is 0 Å². The summed E-state index contributed by atoms with van der Waals surface area (Å²) in [5, 5.41) is 11.0. The summed E-state index contributed by atoms with van der Waals surface area (Å²) in [6.07, 6.45) is -0.960. The summed E-state index contributed by atoms with van der Waals surface area (Å²) in [5.41, 5.74) is 6.50. The van der Waals surface area contributed by atoms with Crippen molar-refractivity contribution in [1.82, 2.24) is 0 Å². The molecule has 0 radical (unpaired) electrons. The highest BCUT2D eigenvalue weighted by Crippen LogP contribution is 2.35. The van der Waals surface area contributed by atoms with E-state index in [4.69, 9.17) is 5.73 Å². The molecular formula is C11H13NO3S. The van der Waals surface area contributed by atoms with E-state index in [-0.39, 0.29) is 4.90 Å². The van der Waals surface area contributed by atoms with Gasteiger partial charge >= 0.3 is 0 Å². The van der Waals surface area contributed by atoms with Crippen molar-refractivity contribution < 1.29 is 13.5 Å². The zero-order valence-electron chi connectivity index (χ0n) is 8.79. The van der Waals surface area contributed by atoms with Gasteiger partial charge in [0.05, 0.1) is 11.0 Å². The van der Waals surface area contributed by atoms with Gasteiger partial charge in [0.15, 0.2) is 0 Å². The van der Waals surface area contributed by atoms with Crippen LogP contribution in [0.1, 0.15) is 12.5 Å². The topological polar surface area (TPSA) is 80.4 Å². The number of hydrogen-bond acceptors (Lipinski definition) is 4. The van der Waals surface area contributed by atoms with Crippen LogP contribution in [0.4, 0.5) is 0 Å². The summed E-state index contributed by atoms with van der Waals surface area (Å²) < 4.78 is 23.5. The molecule has 0 fully saturated rings. The molecule has 0 spiro atoms. The van der Waals surface area contributed by atoms with Crippen molar-refractivity contribution >= 4 is 15.4 Å². The predicted octanol–water partition coefficient (Wildman–Crippen LogP) is 0.523. The lowest BCUT2D eigenvalue weighted by Crippen LogP contribution is -2.32. The van der Waals surface area contributed by atoms with E-state index in [9.17, 15) is 13.5 Å². The summed E-state index contributed by atoms with van der Waals surface area (Å²) in [7, 11) is -3.41. The number of rotatable bonds is 2. The lowest BCUT2D eigenvalue weighted by Gasteiger charge is -2.16. The molecule has 0 aromatic heterocycles. The fraction of sp³-hybridized carbons (Fsp3) is 0.273. The number of aliphatic hydroxyl groups excluding tert-OH is 1. The molecule has 86 valence electrons. The van der Waals surface area contributed by atoms with Crippen LogP contribution in [0.2, 0.25) is 0 Å². The molecule has 0 bridgehead atoms. The Hall–Kier alpha value is -1.17. The number of fused-ring (bicyclic) bond motifs is 1. The smallest absolute Gasteiger partial charge is 0.200 e. The second-order valence-corrected chi connectivity index (χ2v) is 5.68. The molecule has 1 aliphatic heterocycles. The third-order valence-electron chi connectivity index (χ3n) is 2.60. The number of hydrogen-bond donors (Lipinski definition) is 2. The zero-order chi connectivity index (χ0) is 11.9. The molecule has 1 aromatic carbocycles. The molecule has 1 aromatic rings. The van der Waals surface area contributed by atoms with Gasteiger partial charge in [0.1, 0.15) is 0 Å². The third kappa shape index (κ3) is 1.67. The van der Waals surface area contributed by atoms with Gasteiger partial charge in [-0.1, -0.05) is 18.2 Å². The number of nitrogens with two attached hydrogens (primary N) is 1. The van der Waals surface area contributed by atoms with Crippen LogP contribution in [-0.4, -0.2) is 25.7 Å². The normalized spacial score (nSPS) is 21.1. The Bertz CT molecular complexity index is 546. The average Bonchev–Trinajstić information content (AvgIpc) is 2.51. The molecular weight excluding hydrogens is 226 g/mol. The molecule has 4 nitrogen and oxygen atoms in total. The molecule has 5 heteroatoms. The van der Waals surface area contributed by atoms with Crippen LogP contribution in [0.5, 0.6) is 0 Å². The van der Waals surface area contributed by atoms with Crippen molar-refractivity contribution in [2.75, 3.05) is 0 Å². The van der Waals surface area contributed by atoms with Crippen LogP contribution in [0.15, 0.2) is 34.6 Å². The zero-order valence-corrected chi connectivity index (χ0v) is 9.61. The Kier molecular flexibility index (Phi) is 2.61. The first-order valence-corrected chi connectivity index (χ1v) is 6.48. The van der Waals surface area contributed by atoms with Crippen molar-refractivity contribution in [3.05, 3.63) is 35.2 Å². The van der Waals surface area contributed by atoms with E-state index in [0.29, 0.717) is 11.1 Å². The minimum atomic E-state index is -3.41. The largest absolute Gasteiger partial charge is 0.387 e. The van der Waals surface area contributed by atoms with Crippen LogP contribution in [0.3, 0.4) is 0 Å². The number of sulfone groups is 1. The summed E-state index contributed by atoms with van der Waals surface area (Å²) in [6.45, 7) is 1.64. The lowest BCUT2D eigenvalue weighted by molar-refractivity contribution is 0.207. The Morgan fingerprint density at radius 2 is 1.94 bits per heavy atom. The molecule has 2 atom stereocenters. The van der Waals surface area contributed by atoms with E-state index >= 15 is 0 Å². The maximum absolute atomic E-state index is 11.8. The van der Waals surface area contributed by atoms with Gasteiger partial charge in [-0.25, -0.2) is 8.42 Å². The molecule has 0 saturated heterocycles. The lowest BCUT2D eigenvalue weighted by atomic mass is 9.98. The Morgan fingerprint density at radius 1 is 1.31 bits per heavy atom. The van der Waals surface area contributed by atoms with Gasteiger partial charge in [-0.05, 0) is 18.6 Å². The van der Waals surface area contributed by atoms with Gasteiger partial charge in [-0.15, -0.1) is 0 Å². The quantitative estimate of drug-likeness (QED) is 0.788. The summed E-state index contributed by atoms with van der Waals surface area (Å²) >= 11 is 0. The van der Waals surface area contributed by atoms with E-state index < -0.39 is 22.0 Å². The van der Waals surface area contributed by atoms with E-state index in [0.717, 1.165) is 5.41 Å². The Labute approximate surface area is 94.3 Å². The average molecular weight is 239 g/mol. The summed E-state index contributed by atoms with van der Waals surface area (Å²) in [4.78, 5) is 0.240. The van der Waals surface area contributed by atoms with Crippen molar-refractivity contribution in [1.29, 1.82) is 0 Å². The van der Waals surface area contributed by atoms with E-state index in [2.05, 4.69) is 0 Å². The minimum absolute atomic E-state index is 0.240. The predicted molar refractivity (Wildman–Crippen MR) is 61.3 cm³/mol. The van der Waals surface area contributed by atoms with Crippen LogP contribution >= 0.6 is 0 Å². The highest BCUT2D eigenvalue weighted by atomic mass is 32.2. The summed E-state index contributed by atoms with van der Waals surface area (Å²) in [5.74, 6) is 0. The van der Waals surface area contributed by atoms with Gasteiger partial charge in [0.25, 0.3) is 0 Å². The van der Waals surface area contributed by atoms with E-state index in [1.807, 2.05) is 0 Å². The second-order valence-electron chi connectivity index (χ2n) is 3.92. The van der Waals surface area contributed by atoms with Crippen molar-refractivity contribution in [2.45, 2.75) is 24.0 Å². The van der Waals surface area contributed by atoms with Crippen LogP contribution in [0, 0.1) is 0 Å². The molecule has 0 aliphatic carbocycles. The van der Waals surface area contributed by atoms with Crippen molar-refractivity contribution in [3.63, 3.8) is 0 Å². The molecule has 0 saturated carbocycles. The van der Waals surface area contributed by atoms with Crippen LogP contribution in [0.25, 0.3) is 5.57 Å². The molecule has 1 heterocycles. The first-order chi connectivity index (χ1) is 7.43. The standard InChI is InChI=1S/C11H13NO3S/c1-7(12)11(13)9-6-16(14,15)10-5-3-2-4-8(9)10/h2-7,11,13H,12H2,1H3. The monoisotopic (exact) mass is 239 g/mol. The molecule has 3 N–H and O–H groups in total. The second kappa shape index (κ2) is 3.69. The van der Waals surface area contributed by atoms with Crippen LogP contribution < -0.4 is 5.73 Å². The fourth-order valence-corrected chi connectivity index (χ4v) is 3.25. The van der Waals surface area contributed by atoms with E-state index in [1.54, 1.807) is 25.1 Å². The van der Waals surface area contributed by atoms with Crippen molar-refractivity contribution in [2.24, 2.45) is 5.73 Å². The Balaban J connectivity index is 2.60. The molecule has 2 rings (SSSR count). The summed E-state index contributed by atoms with van der Waals surface area (Å²) in [6, 6.07) is 6.10. The molecule has 16 heavy (non-hydrogen) atoms. The fourth-order valence-electron chi connectivity index (χ4n) is 1.76. The third-order valence-corrected chi connectivity index (χ3v) is 4.14. The highest BCUT2D eigenvalue weighted by molar-refractivity contribution is 7.95. The van der Waals surface area contributed by atoms with Gasteiger partial charge in [0.2, 0.25) is 9.84 Å². The highest BCUT2D eigenvalue weighted by Gasteiger charge is 2.31. The van der Waals surface area contributed by atoms with Gasteiger partial charge < -0.3 is 10.8 Å². The molecule has 0 amide bonds.